The molecule has 3 heterocycles. The van der Waals surface area contributed by atoms with E-state index >= 15 is 0 Å². The molecule has 0 amide bonds. The molecule has 0 bridgehead atoms. The van der Waals surface area contributed by atoms with Crippen LogP contribution >= 0.6 is 0 Å². The summed E-state index contributed by atoms with van der Waals surface area (Å²) in [6.45, 7) is 7.65. The molecule has 2 N–H and O–H groups in total. The van der Waals surface area contributed by atoms with Crippen LogP contribution in [-0.4, -0.2) is 32.0 Å². The number of rotatable bonds is 2. The number of benzene rings is 1. The van der Waals surface area contributed by atoms with Crippen LogP contribution in [-0.2, 0) is 0 Å². The zero-order valence-corrected chi connectivity index (χ0v) is 18.9. The SMILES string of the molecule is CC(C)(O)C#Cc1cc2c(cc1C1CC1)-c1cc(=O)c(C(=O)O)cn1N1[C@@H]2CCC1(C)C. The molecule has 6 heteroatoms. The van der Waals surface area contributed by atoms with Crippen LogP contribution in [0.5, 0.6) is 0 Å². The Balaban J connectivity index is 1.79. The maximum atomic E-state index is 12.6. The minimum absolute atomic E-state index is 0.0626. The minimum atomic E-state index is -1.21. The van der Waals surface area contributed by atoms with Gasteiger partial charge in [-0.2, -0.15) is 0 Å². The molecule has 2 aromatic rings. The highest BCUT2D eigenvalue weighted by molar-refractivity contribution is 5.88. The third-order valence-electron chi connectivity index (χ3n) is 6.82. The second kappa shape index (κ2) is 6.73. The molecular weight excluding hydrogens is 404 g/mol. The van der Waals surface area contributed by atoms with Crippen LogP contribution in [0.1, 0.15) is 92.4 Å². The van der Waals surface area contributed by atoms with Crippen molar-refractivity contribution in [3.63, 3.8) is 0 Å². The molecule has 1 aliphatic carbocycles. The lowest BCUT2D eigenvalue weighted by Crippen LogP contribution is -2.50. The van der Waals surface area contributed by atoms with Crippen molar-refractivity contribution in [2.24, 2.45) is 0 Å². The Labute approximate surface area is 187 Å². The first-order chi connectivity index (χ1) is 15.0. The monoisotopic (exact) mass is 432 g/mol. The fourth-order valence-electron chi connectivity index (χ4n) is 5.13. The van der Waals surface area contributed by atoms with E-state index in [1.807, 2.05) is 4.68 Å². The summed E-state index contributed by atoms with van der Waals surface area (Å²) in [5, 5.41) is 21.9. The number of nitrogens with zero attached hydrogens (tertiary/aromatic N) is 2. The Hall–Kier alpha value is -3.04. The zero-order valence-electron chi connectivity index (χ0n) is 18.9. The summed E-state index contributed by atoms with van der Waals surface area (Å²) in [6.07, 6.45) is 5.56. The van der Waals surface area contributed by atoms with Gasteiger partial charge in [-0.3, -0.25) is 14.5 Å². The average molecular weight is 433 g/mol. The summed E-state index contributed by atoms with van der Waals surface area (Å²) in [5.74, 6) is 5.41. The highest BCUT2D eigenvalue weighted by Gasteiger charge is 2.45. The highest BCUT2D eigenvalue weighted by Crippen LogP contribution is 2.50. The van der Waals surface area contributed by atoms with Gasteiger partial charge in [0, 0.05) is 23.4 Å². The number of aromatic carboxylic acids is 1. The number of aliphatic hydroxyl groups is 1. The van der Waals surface area contributed by atoms with E-state index in [1.165, 1.54) is 12.3 Å². The van der Waals surface area contributed by atoms with Crippen molar-refractivity contribution in [1.29, 1.82) is 0 Å². The van der Waals surface area contributed by atoms with Crippen LogP contribution in [0.25, 0.3) is 11.3 Å². The van der Waals surface area contributed by atoms with Crippen molar-refractivity contribution >= 4 is 5.97 Å². The quantitative estimate of drug-likeness (QED) is 0.706. The average Bonchev–Trinajstić information content (AvgIpc) is 3.48. The number of carboxylic acid groups (broad SMARTS) is 1. The first-order valence-corrected chi connectivity index (χ1v) is 11.2. The van der Waals surface area contributed by atoms with Crippen LogP contribution in [0.2, 0.25) is 0 Å². The molecule has 1 aromatic heterocycles. The number of carbonyl (C=O) groups is 1. The van der Waals surface area contributed by atoms with E-state index in [1.54, 1.807) is 13.8 Å². The van der Waals surface area contributed by atoms with Gasteiger partial charge < -0.3 is 10.2 Å². The molecule has 1 saturated carbocycles. The van der Waals surface area contributed by atoms with Gasteiger partial charge in [-0.1, -0.05) is 11.8 Å². The highest BCUT2D eigenvalue weighted by atomic mass is 16.4. The standard InChI is InChI=1S/C26H28N2O4/c1-25(2)9-8-21-18-11-16(7-10-26(3,4)32)17(15-5-6-15)12-19(18)22-13-23(29)20(24(30)31)14-27(22)28(21)25/h11-15,21,32H,5-6,8-9H2,1-4H3,(H,30,31)/t21-/m1/s1. The maximum absolute atomic E-state index is 12.6. The summed E-state index contributed by atoms with van der Waals surface area (Å²) in [4.78, 5) is 24.3. The summed E-state index contributed by atoms with van der Waals surface area (Å²) in [7, 11) is 0. The number of carboxylic acids is 1. The van der Waals surface area contributed by atoms with Gasteiger partial charge in [-0.25, -0.2) is 4.79 Å². The van der Waals surface area contributed by atoms with Gasteiger partial charge in [-0.05, 0) is 82.6 Å². The molecule has 3 aliphatic rings. The predicted molar refractivity (Wildman–Crippen MR) is 123 cm³/mol. The van der Waals surface area contributed by atoms with E-state index in [-0.39, 0.29) is 17.1 Å². The van der Waals surface area contributed by atoms with Gasteiger partial charge in [-0.15, -0.1) is 0 Å². The summed E-state index contributed by atoms with van der Waals surface area (Å²) in [5.41, 5.74) is 2.93. The molecule has 6 nitrogen and oxygen atoms in total. The van der Waals surface area contributed by atoms with Gasteiger partial charge in [0.1, 0.15) is 11.2 Å². The van der Waals surface area contributed by atoms with E-state index in [2.05, 4.69) is 42.8 Å². The third-order valence-corrected chi connectivity index (χ3v) is 6.82. The molecule has 2 aliphatic heterocycles. The smallest absolute Gasteiger partial charge is 0.341 e. The van der Waals surface area contributed by atoms with Gasteiger partial charge >= 0.3 is 5.97 Å². The minimum Gasteiger partial charge on any atom is -0.477 e. The number of fused-ring (bicyclic) bond motifs is 6. The molecule has 5 rings (SSSR count). The molecule has 0 spiro atoms. The number of aromatic nitrogens is 1. The van der Waals surface area contributed by atoms with Crippen LogP contribution in [0.3, 0.4) is 0 Å². The number of hydrogen-bond donors (Lipinski definition) is 2. The third kappa shape index (κ3) is 3.32. The van der Waals surface area contributed by atoms with Crippen LogP contribution in [0.15, 0.2) is 29.2 Å². The van der Waals surface area contributed by atoms with E-state index in [9.17, 15) is 19.8 Å². The number of pyridine rings is 1. The molecule has 1 aromatic carbocycles. The molecule has 166 valence electrons. The Kier molecular flexibility index (Phi) is 4.38. The van der Waals surface area contributed by atoms with Gasteiger partial charge in [0.15, 0.2) is 5.43 Å². The van der Waals surface area contributed by atoms with Crippen molar-refractivity contribution in [2.75, 3.05) is 5.01 Å². The van der Waals surface area contributed by atoms with E-state index in [4.69, 9.17) is 0 Å². The Morgan fingerprint density at radius 2 is 1.88 bits per heavy atom. The first-order valence-electron chi connectivity index (χ1n) is 11.2. The lowest BCUT2D eigenvalue weighted by Gasteiger charge is -2.44. The fraction of sp³-hybridized carbons (Fsp3) is 0.462. The topological polar surface area (TPSA) is 82.8 Å². The van der Waals surface area contributed by atoms with Gasteiger partial charge in [0.25, 0.3) is 0 Å². The molecule has 0 unspecified atom stereocenters. The van der Waals surface area contributed by atoms with Crippen LogP contribution in [0, 0.1) is 11.8 Å². The van der Waals surface area contributed by atoms with Crippen molar-refractivity contribution < 1.29 is 15.0 Å². The molecule has 1 atom stereocenters. The maximum Gasteiger partial charge on any atom is 0.341 e. The molecular formula is C26H28N2O4. The van der Waals surface area contributed by atoms with E-state index in [0.29, 0.717) is 5.92 Å². The molecule has 2 fully saturated rings. The lowest BCUT2D eigenvalue weighted by atomic mass is 9.88. The predicted octanol–water partition coefficient (Wildman–Crippen LogP) is 3.78. The van der Waals surface area contributed by atoms with Crippen molar-refractivity contribution in [3.8, 4) is 23.1 Å². The van der Waals surface area contributed by atoms with Crippen molar-refractivity contribution in [3.05, 3.63) is 56.9 Å². The molecule has 0 radical (unpaired) electrons. The van der Waals surface area contributed by atoms with Gasteiger partial charge in [0.2, 0.25) is 0 Å². The zero-order chi connectivity index (χ0) is 23.0. The summed E-state index contributed by atoms with van der Waals surface area (Å²) in [6, 6.07) is 5.81. The van der Waals surface area contributed by atoms with Crippen molar-refractivity contribution in [1.82, 2.24) is 4.68 Å². The van der Waals surface area contributed by atoms with E-state index in [0.717, 1.165) is 53.6 Å². The fourth-order valence-corrected chi connectivity index (χ4v) is 5.13. The molecule has 1 saturated heterocycles. The first kappa shape index (κ1) is 20.8. The van der Waals surface area contributed by atoms with Crippen LogP contribution in [0.4, 0.5) is 0 Å². The summed E-state index contributed by atoms with van der Waals surface area (Å²) >= 11 is 0. The number of hydrogen-bond acceptors (Lipinski definition) is 4. The van der Waals surface area contributed by atoms with Gasteiger partial charge in [0.05, 0.1) is 17.3 Å². The van der Waals surface area contributed by atoms with Crippen molar-refractivity contribution in [2.45, 2.75) is 76.5 Å². The second-order valence-corrected chi connectivity index (χ2v) is 10.4. The van der Waals surface area contributed by atoms with E-state index < -0.39 is 17.0 Å². The Bertz CT molecular complexity index is 1270. The summed E-state index contributed by atoms with van der Waals surface area (Å²) < 4.78 is 1.89. The normalized spacial score (nSPS) is 20.7. The van der Waals surface area contributed by atoms with Crippen LogP contribution < -0.4 is 10.4 Å². The Morgan fingerprint density at radius 3 is 2.50 bits per heavy atom. The second-order valence-electron chi connectivity index (χ2n) is 10.4. The largest absolute Gasteiger partial charge is 0.477 e. The lowest BCUT2D eigenvalue weighted by molar-refractivity contribution is 0.0694. The molecule has 32 heavy (non-hydrogen) atoms. The Morgan fingerprint density at radius 1 is 1.16 bits per heavy atom.